The molecule has 2 aromatic carbocycles. The molecule has 0 bridgehead atoms. The summed E-state index contributed by atoms with van der Waals surface area (Å²) in [7, 11) is -0.888. The van der Waals surface area contributed by atoms with Gasteiger partial charge in [-0.25, -0.2) is 0 Å². The lowest BCUT2D eigenvalue weighted by molar-refractivity contribution is -0.163. The molecule has 3 rings (SSSR count). The van der Waals surface area contributed by atoms with Gasteiger partial charge in [-0.2, -0.15) is 0 Å². The van der Waals surface area contributed by atoms with Crippen molar-refractivity contribution in [3.05, 3.63) is 73.3 Å². The van der Waals surface area contributed by atoms with Gasteiger partial charge >= 0.3 is 0 Å². The fraction of sp³-hybridized carbons (Fsp3) is 0.548. The van der Waals surface area contributed by atoms with Gasteiger partial charge < -0.3 is 23.7 Å². The van der Waals surface area contributed by atoms with Crippen LogP contribution in [0.25, 0.3) is 0 Å². The summed E-state index contributed by atoms with van der Waals surface area (Å²) in [6.07, 6.45) is 1.43. The van der Waals surface area contributed by atoms with Crippen LogP contribution in [0.2, 0.25) is 5.04 Å². The Labute approximate surface area is 224 Å². The second-order valence-electron chi connectivity index (χ2n) is 11.6. The third kappa shape index (κ3) is 6.62. The highest BCUT2D eigenvalue weighted by Crippen LogP contribution is 2.38. The molecule has 1 aliphatic rings. The Balaban J connectivity index is 1.79. The van der Waals surface area contributed by atoms with Gasteiger partial charge in [0.2, 0.25) is 0 Å². The summed E-state index contributed by atoms with van der Waals surface area (Å²) < 4.78 is 25.3. The Morgan fingerprint density at radius 1 is 1.00 bits per heavy atom. The quantitative estimate of drug-likeness (QED) is 0.238. The van der Waals surface area contributed by atoms with E-state index in [9.17, 15) is 5.11 Å². The number of methoxy groups -OCH3 is 1. The van der Waals surface area contributed by atoms with Crippen LogP contribution in [0.1, 0.15) is 54.4 Å². The van der Waals surface area contributed by atoms with Gasteiger partial charge in [0.1, 0.15) is 12.2 Å². The first kappa shape index (κ1) is 29.7. The molecule has 1 N–H and O–H groups in total. The first-order valence-electron chi connectivity index (χ1n) is 13.4. The van der Waals surface area contributed by atoms with Gasteiger partial charge in [-0.3, -0.25) is 0 Å². The van der Waals surface area contributed by atoms with Crippen molar-refractivity contribution in [1.29, 1.82) is 0 Å². The van der Waals surface area contributed by atoms with E-state index in [4.69, 9.17) is 18.6 Å². The first-order valence-corrected chi connectivity index (χ1v) is 15.3. The van der Waals surface area contributed by atoms with Crippen LogP contribution in [-0.2, 0) is 18.6 Å². The van der Waals surface area contributed by atoms with E-state index in [0.717, 1.165) is 12.8 Å². The second kappa shape index (κ2) is 12.4. The maximum atomic E-state index is 10.9. The van der Waals surface area contributed by atoms with E-state index in [1.807, 2.05) is 20.8 Å². The van der Waals surface area contributed by atoms with Gasteiger partial charge in [0.15, 0.2) is 5.79 Å². The van der Waals surface area contributed by atoms with Crippen molar-refractivity contribution in [1.82, 2.24) is 0 Å². The lowest BCUT2D eigenvalue weighted by Gasteiger charge is -2.43. The van der Waals surface area contributed by atoms with Crippen LogP contribution in [0.15, 0.2) is 73.3 Å². The van der Waals surface area contributed by atoms with Gasteiger partial charge in [0, 0.05) is 19.6 Å². The molecule has 1 heterocycles. The van der Waals surface area contributed by atoms with Crippen LogP contribution in [0, 0.1) is 5.92 Å². The zero-order valence-corrected chi connectivity index (χ0v) is 24.6. The summed E-state index contributed by atoms with van der Waals surface area (Å²) in [5, 5.41) is 13.4. The zero-order chi connectivity index (χ0) is 27.3. The molecule has 1 aliphatic heterocycles. The highest BCUT2D eigenvalue weighted by molar-refractivity contribution is 6.99. The lowest BCUT2D eigenvalue weighted by atomic mass is 9.92. The minimum Gasteiger partial charge on any atom is -0.407 e. The van der Waals surface area contributed by atoms with E-state index in [1.165, 1.54) is 10.4 Å². The summed E-state index contributed by atoms with van der Waals surface area (Å²) >= 11 is 0. The van der Waals surface area contributed by atoms with Crippen LogP contribution in [0.3, 0.4) is 0 Å². The molecule has 1 fully saturated rings. The maximum absolute atomic E-state index is 10.9. The summed E-state index contributed by atoms with van der Waals surface area (Å²) in [5.74, 6) is -0.916. The topological polar surface area (TPSA) is 57.2 Å². The molecule has 0 saturated carbocycles. The normalized spacial score (nSPS) is 22.4. The van der Waals surface area contributed by atoms with Crippen LogP contribution in [0.4, 0.5) is 0 Å². The molecule has 6 heteroatoms. The van der Waals surface area contributed by atoms with Gasteiger partial charge in [-0.05, 0) is 42.1 Å². The molecule has 0 aliphatic carbocycles. The van der Waals surface area contributed by atoms with E-state index in [2.05, 4.69) is 88.0 Å². The minimum absolute atomic E-state index is 0.0706. The Morgan fingerprint density at radius 2 is 1.51 bits per heavy atom. The molecule has 0 unspecified atom stereocenters. The number of aliphatic hydroxyl groups excluding tert-OH is 1. The standard InChI is InChI=1S/C31H46O5Si/c1-9-23(2)27(32)29-28(35-31(6,7)36-29)26(33-8)21-16-22-34-37(30(3,4)5,24-17-12-10-13-18-24)25-19-14-11-15-20-25/h9-15,17-20,23,26-29,32H,1,16,21-22H2,2-8H3/t23-,26-,27-,28-,29-/m1/s1. The molecular formula is C31H46O5Si. The fourth-order valence-corrected chi connectivity index (χ4v) is 10.1. The maximum Gasteiger partial charge on any atom is 0.261 e. The summed E-state index contributed by atoms with van der Waals surface area (Å²) in [6, 6.07) is 21.4. The summed E-state index contributed by atoms with van der Waals surface area (Å²) in [6.45, 7) is 17.0. The number of hydrogen-bond acceptors (Lipinski definition) is 5. The summed E-state index contributed by atoms with van der Waals surface area (Å²) in [5.41, 5.74) is 0. The van der Waals surface area contributed by atoms with E-state index in [1.54, 1.807) is 13.2 Å². The van der Waals surface area contributed by atoms with Crippen molar-refractivity contribution < 1.29 is 23.7 Å². The van der Waals surface area contributed by atoms with Crippen LogP contribution >= 0.6 is 0 Å². The Hall–Kier alpha value is -1.80. The van der Waals surface area contributed by atoms with E-state index >= 15 is 0 Å². The molecule has 0 spiro atoms. The zero-order valence-electron chi connectivity index (χ0n) is 23.6. The molecule has 5 atom stereocenters. The highest BCUT2D eigenvalue weighted by atomic mass is 28.4. The Kier molecular flexibility index (Phi) is 9.95. The predicted molar refractivity (Wildman–Crippen MR) is 153 cm³/mol. The van der Waals surface area contributed by atoms with Crippen LogP contribution in [0.5, 0.6) is 0 Å². The van der Waals surface area contributed by atoms with Gasteiger partial charge in [-0.1, -0.05) is 94.4 Å². The van der Waals surface area contributed by atoms with Crippen molar-refractivity contribution in [3.63, 3.8) is 0 Å². The van der Waals surface area contributed by atoms with E-state index < -0.39 is 26.3 Å². The summed E-state index contributed by atoms with van der Waals surface area (Å²) in [4.78, 5) is 0. The lowest BCUT2D eigenvalue weighted by Crippen LogP contribution is -2.66. The van der Waals surface area contributed by atoms with Gasteiger partial charge in [0.25, 0.3) is 8.32 Å². The number of aliphatic hydroxyl groups is 1. The van der Waals surface area contributed by atoms with Crippen LogP contribution in [-0.4, -0.2) is 57.3 Å². The Bertz CT molecular complexity index is 933. The Morgan fingerprint density at radius 3 is 1.97 bits per heavy atom. The number of benzene rings is 2. The van der Waals surface area contributed by atoms with Crippen molar-refractivity contribution in [2.75, 3.05) is 13.7 Å². The van der Waals surface area contributed by atoms with Crippen LogP contribution < -0.4 is 10.4 Å². The number of ether oxygens (including phenoxy) is 3. The minimum atomic E-state index is -2.59. The molecule has 5 nitrogen and oxygen atoms in total. The molecule has 0 radical (unpaired) electrons. The number of hydrogen-bond donors (Lipinski definition) is 1. The van der Waals surface area contributed by atoms with Gasteiger partial charge in [-0.15, -0.1) is 6.58 Å². The second-order valence-corrected chi connectivity index (χ2v) is 15.9. The highest BCUT2D eigenvalue weighted by Gasteiger charge is 2.51. The molecule has 2 aromatic rings. The fourth-order valence-electron chi connectivity index (χ4n) is 5.50. The van der Waals surface area contributed by atoms with Gasteiger partial charge in [0.05, 0.1) is 12.2 Å². The molecule has 204 valence electrons. The molecular weight excluding hydrogens is 480 g/mol. The monoisotopic (exact) mass is 526 g/mol. The molecule has 0 amide bonds. The van der Waals surface area contributed by atoms with Crippen molar-refractivity contribution in [2.24, 2.45) is 5.92 Å². The largest absolute Gasteiger partial charge is 0.407 e. The molecule has 1 saturated heterocycles. The van der Waals surface area contributed by atoms with Crippen molar-refractivity contribution in [3.8, 4) is 0 Å². The average molecular weight is 527 g/mol. The first-order chi connectivity index (χ1) is 17.5. The third-order valence-electron chi connectivity index (χ3n) is 7.45. The molecule has 37 heavy (non-hydrogen) atoms. The van der Waals surface area contributed by atoms with Crippen molar-refractivity contribution in [2.45, 2.75) is 89.6 Å². The van der Waals surface area contributed by atoms with E-state index in [-0.39, 0.29) is 23.2 Å². The van der Waals surface area contributed by atoms with E-state index in [0.29, 0.717) is 6.61 Å². The average Bonchev–Trinajstić information content (AvgIpc) is 3.20. The predicted octanol–water partition coefficient (Wildman–Crippen LogP) is 5.06. The molecule has 0 aromatic heterocycles. The number of rotatable bonds is 12. The van der Waals surface area contributed by atoms with Crippen molar-refractivity contribution >= 4 is 18.7 Å². The third-order valence-corrected chi connectivity index (χ3v) is 12.5. The SMILES string of the molecule is C=C[C@@H](C)[C@@H](O)[C@H]1OC(C)(C)O[C@@H]1[C@@H](CCCO[Si](c1ccccc1)(c1ccccc1)C(C)(C)C)OC. The smallest absolute Gasteiger partial charge is 0.261 e.